The molecule has 0 aliphatic carbocycles. The van der Waals surface area contributed by atoms with Gasteiger partial charge in [0, 0.05) is 6.20 Å². The van der Waals surface area contributed by atoms with Crippen molar-refractivity contribution in [2.45, 2.75) is 6.43 Å². The van der Waals surface area contributed by atoms with Crippen molar-refractivity contribution in [3.05, 3.63) is 28.8 Å². The first kappa shape index (κ1) is 11.0. The van der Waals surface area contributed by atoms with Crippen molar-refractivity contribution in [1.82, 2.24) is 4.98 Å². The fraction of sp³-hybridized carbons (Fsp3) is 0.125. The van der Waals surface area contributed by atoms with E-state index in [4.69, 9.17) is 11.0 Å². The Morgan fingerprint density at radius 3 is 2.60 bits per heavy atom. The Kier molecular flexibility index (Phi) is 2.90. The molecular formula is C8H4F3N3O. The summed E-state index contributed by atoms with van der Waals surface area (Å²) < 4.78 is 37.5. The lowest BCUT2D eigenvalue weighted by atomic mass is 10.1. The van der Waals surface area contributed by atoms with Gasteiger partial charge in [0.05, 0.1) is 5.56 Å². The van der Waals surface area contributed by atoms with Gasteiger partial charge in [0.25, 0.3) is 12.3 Å². The summed E-state index contributed by atoms with van der Waals surface area (Å²) >= 11 is 0. The molecule has 1 aromatic heterocycles. The van der Waals surface area contributed by atoms with Crippen LogP contribution < -0.4 is 5.73 Å². The van der Waals surface area contributed by atoms with Crippen molar-refractivity contribution < 1.29 is 18.0 Å². The Labute approximate surface area is 82.1 Å². The lowest BCUT2D eigenvalue weighted by Crippen LogP contribution is -2.15. The van der Waals surface area contributed by atoms with Crippen LogP contribution in [-0.4, -0.2) is 10.9 Å². The smallest absolute Gasteiger partial charge is 0.283 e. The maximum Gasteiger partial charge on any atom is 0.283 e. The van der Waals surface area contributed by atoms with Crippen molar-refractivity contribution >= 4 is 5.91 Å². The molecule has 2 N–H and O–H groups in total. The first-order chi connectivity index (χ1) is 6.99. The van der Waals surface area contributed by atoms with Gasteiger partial charge in [-0.3, -0.25) is 9.78 Å². The predicted octanol–water partition coefficient (Wildman–Crippen LogP) is 1.13. The van der Waals surface area contributed by atoms with Crippen molar-refractivity contribution in [3.63, 3.8) is 0 Å². The number of hydrogen-bond acceptors (Lipinski definition) is 3. The molecule has 15 heavy (non-hydrogen) atoms. The molecule has 1 aromatic rings. The van der Waals surface area contributed by atoms with E-state index in [1.807, 2.05) is 0 Å². The Balaban J connectivity index is 3.48. The van der Waals surface area contributed by atoms with Crippen molar-refractivity contribution in [2.75, 3.05) is 0 Å². The Morgan fingerprint density at radius 2 is 2.20 bits per heavy atom. The van der Waals surface area contributed by atoms with Gasteiger partial charge in [-0.05, 0) is 0 Å². The highest BCUT2D eigenvalue weighted by molar-refractivity contribution is 5.95. The zero-order valence-electron chi connectivity index (χ0n) is 7.17. The maximum absolute atomic E-state index is 13.2. The molecule has 0 bridgehead atoms. The van der Waals surface area contributed by atoms with E-state index in [1.165, 1.54) is 6.07 Å². The molecular weight excluding hydrogens is 211 g/mol. The first-order valence-corrected chi connectivity index (χ1v) is 3.65. The molecule has 4 nitrogen and oxygen atoms in total. The number of nitrogens with two attached hydrogens (primary N) is 1. The molecule has 7 heteroatoms. The Bertz CT molecular complexity index is 453. The SMILES string of the molecule is N#Cc1c(C(N)=O)cnc(C(F)F)c1F. The van der Waals surface area contributed by atoms with Crippen LogP contribution in [0.2, 0.25) is 0 Å². The average Bonchev–Trinajstić information content (AvgIpc) is 2.16. The molecule has 0 spiro atoms. The molecule has 78 valence electrons. The number of nitriles is 1. The van der Waals surface area contributed by atoms with Gasteiger partial charge in [-0.15, -0.1) is 0 Å². The van der Waals surface area contributed by atoms with Crippen LogP contribution in [0.25, 0.3) is 0 Å². The fourth-order valence-corrected chi connectivity index (χ4v) is 0.950. The quantitative estimate of drug-likeness (QED) is 0.802. The molecule has 0 saturated heterocycles. The number of alkyl halides is 2. The third kappa shape index (κ3) is 1.88. The first-order valence-electron chi connectivity index (χ1n) is 3.65. The highest BCUT2D eigenvalue weighted by Crippen LogP contribution is 2.23. The predicted molar refractivity (Wildman–Crippen MR) is 42.4 cm³/mol. The van der Waals surface area contributed by atoms with Crippen LogP contribution in [0, 0.1) is 17.1 Å². The van der Waals surface area contributed by atoms with Gasteiger partial charge in [-0.2, -0.15) is 5.26 Å². The highest BCUT2D eigenvalue weighted by atomic mass is 19.3. The summed E-state index contributed by atoms with van der Waals surface area (Å²) in [5.74, 6) is -2.61. The number of nitrogens with zero attached hydrogens (tertiary/aromatic N) is 2. The minimum atomic E-state index is -3.15. The third-order valence-corrected chi connectivity index (χ3v) is 1.63. The summed E-state index contributed by atoms with van der Waals surface area (Å²) in [4.78, 5) is 13.7. The van der Waals surface area contributed by atoms with Gasteiger partial charge < -0.3 is 5.73 Å². The second-order valence-electron chi connectivity index (χ2n) is 2.52. The van der Waals surface area contributed by atoms with E-state index in [2.05, 4.69) is 4.98 Å². The van der Waals surface area contributed by atoms with Crippen LogP contribution in [-0.2, 0) is 0 Å². The summed E-state index contributed by atoms with van der Waals surface area (Å²) in [6.45, 7) is 0. The molecule has 0 aliphatic heterocycles. The summed E-state index contributed by atoms with van der Waals surface area (Å²) in [6.07, 6.45) is -2.50. The number of halogens is 3. The number of hydrogen-bond donors (Lipinski definition) is 1. The molecule has 1 rings (SSSR count). The van der Waals surface area contributed by atoms with Crippen molar-refractivity contribution in [2.24, 2.45) is 5.73 Å². The standard InChI is InChI=1S/C8H4F3N3O/c9-5-3(1-12)4(8(13)15)2-14-6(5)7(10)11/h2,7H,(H2,13,15). The van der Waals surface area contributed by atoms with Crippen LogP contribution in [0.5, 0.6) is 0 Å². The Morgan fingerprint density at radius 1 is 1.60 bits per heavy atom. The molecule has 0 aliphatic rings. The highest BCUT2D eigenvalue weighted by Gasteiger charge is 2.22. The van der Waals surface area contributed by atoms with E-state index in [-0.39, 0.29) is 0 Å². The summed E-state index contributed by atoms with van der Waals surface area (Å²) in [5.41, 5.74) is 2.30. The molecule has 0 unspecified atom stereocenters. The van der Waals surface area contributed by atoms with Crippen LogP contribution in [0.15, 0.2) is 6.20 Å². The summed E-state index contributed by atoms with van der Waals surface area (Å²) in [5, 5.41) is 8.48. The second kappa shape index (κ2) is 3.96. The monoisotopic (exact) mass is 215 g/mol. The van der Waals surface area contributed by atoms with E-state index in [0.717, 1.165) is 0 Å². The number of carbonyl (C=O) groups excluding carboxylic acids is 1. The third-order valence-electron chi connectivity index (χ3n) is 1.63. The van der Waals surface area contributed by atoms with Gasteiger partial charge >= 0.3 is 0 Å². The van der Waals surface area contributed by atoms with Crippen LogP contribution in [0.3, 0.4) is 0 Å². The molecule has 1 amide bonds. The van der Waals surface area contributed by atoms with Crippen LogP contribution in [0.4, 0.5) is 13.2 Å². The number of amides is 1. The number of primary amides is 1. The van der Waals surface area contributed by atoms with Crippen molar-refractivity contribution in [1.29, 1.82) is 5.26 Å². The lowest BCUT2D eigenvalue weighted by Gasteiger charge is -2.04. The lowest BCUT2D eigenvalue weighted by molar-refractivity contribution is 0.0997. The van der Waals surface area contributed by atoms with Gasteiger partial charge in [-0.25, -0.2) is 13.2 Å². The van der Waals surface area contributed by atoms with Crippen LogP contribution >= 0.6 is 0 Å². The van der Waals surface area contributed by atoms with E-state index in [9.17, 15) is 18.0 Å². The average molecular weight is 215 g/mol. The van der Waals surface area contributed by atoms with Crippen molar-refractivity contribution in [3.8, 4) is 6.07 Å². The zero-order valence-corrected chi connectivity index (χ0v) is 7.17. The minimum absolute atomic E-state index is 0.514. The molecule has 0 saturated carbocycles. The Hall–Kier alpha value is -2.10. The molecule has 0 aromatic carbocycles. The summed E-state index contributed by atoms with van der Waals surface area (Å²) in [6, 6.07) is 1.29. The minimum Gasteiger partial charge on any atom is -0.366 e. The molecule has 1 heterocycles. The number of pyridine rings is 1. The molecule has 0 atom stereocenters. The van der Waals surface area contributed by atoms with Gasteiger partial charge in [0.2, 0.25) is 0 Å². The van der Waals surface area contributed by atoms with E-state index >= 15 is 0 Å². The molecule has 0 radical (unpaired) electrons. The number of aromatic nitrogens is 1. The van der Waals surface area contributed by atoms with E-state index in [1.54, 1.807) is 0 Å². The molecule has 0 fully saturated rings. The van der Waals surface area contributed by atoms with E-state index in [0.29, 0.717) is 6.20 Å². The van der Waals surface area contributed by atoms with Gasteiger partial charge in [0.1, 0.15) is 17.3 Å². The fourth-order valence-electron chi connectivity index (χ4n) is 0.950. The summed E-state index contributed by atoms with van der Waals surface area (Å²) in [7, 11) is 0. The van der Waals surface area contributed by atoms with Crippen LogP contribution in [0.1, 0.15) is 28.0 Å². The van der Waals surface area contributed by atoms with Gasteiger partial charge in [0.15, 0.2) is 5.82 Å². The van der Waals surface area contributed by atoms with Gasteiger partial charge in [-0.1, -0.05) is 0 Å². The zero-order chi connectivity index (χ0) is 11.6. The topological polar surface area (TPSA) is 79.8 Å². The second-order valence-corrected chi connectivity index (χ2v) is 2.52. The number of rotatable bonds is 2. The largest absolute Gasteiger partial charge is 0.366 e. The number of carbonyl (C=O) groups is 1. The van der Waals surface area contributed by atoms with E-state index < -0.39 is 35.0 Å². The maximum atomic E-state index is 13.2. The normalized spacial score (nSPS) is 10.1.